The molecular weight excluding hydrogens is 266 g/mol. The molecule has 0 radical (unpaired) electrons. The van der Waals surface area contributed by atoms with Gasteiger partial charge in [0.2, 0.25) is 0 Å². The number of hydrogen-bond acceptors (Lipinski definition) is 3. The highest BCUT2D eigenvalue weighted by molar-refractivity contribution is 5.80. The maximum absolute atomic E-state index is 9.53. The second kappa shape index (κ2) is 6.53. The van der Waals surface area contributed by atoms with Crippen LogP contribution in [-0.4, -0.2) is 62.0 Å². The van der Waals surface area contributed by atoms with Crippen LogP contribution in [0.15, 0.2) is 4.99 Å². The molecule has 5 nitrogen and oxygen atoms in total. The molecular formula is C16H29N3O2. The van der Waals surface area contributed by atoms with Gasteiger partial charge in [-0.25, -0.2) is 0 Å². The molecule has 3 aliphatic rings. The largest absolute Gasteiger partial charge is 0.396 e. The van der Waals surface area contributed by atoms with Crippen molar-refractivity contribution < 1.29 is 9.84 Å². The molecule has 0 bridgehead atoms. The first-order valence-electron chi connectivity index (χ1n) is 8.48. The van der Waals surface area contributed by atoms with Crippen LogP contribution < -0.4 is 5.32 Å². The number of fused-ring (bicyclic) bond motifs is 1. The molecule has 0 aromatic carbocycles. The molecule has 2 atom stereocenters. The molecule has 120 valence electrons. The van der Waals surface area contributed by atoms with Crippen molar-refractivity contribution in [3.63, 3.8) is 0 Å². The quantitative estimate of drug-likeness (QED) is 0.602. The van der Waals surface area contributed by atoms with Crippen molar-refractivity contribution in [3.8, 4) is 0 Å². The van der Waals surface area contributed by atoms with Crippen LogP contribution in [0.2, 0.25) is 0 Å². The number of aliphatic imine (C=N–C) groups is 1. The van der Waals surface area contributed by atoms with Crippen LogP contribution in [-0.2, 0) is 4.74 Å². The van der Waals surface area contributed by atoms with Gasteiger partial charge >= 0.3 is 0 Å². The zero-order valence-corrected chi connectivity index (χ0v) is 13.2. The van der Waals surface area contributed by atoms with Crippen LogP contribution in [0.4, 0.5) is 0 Å². The first-order valence-corrected chi connectivity index (χ1v) is 8.48. The van der Waals surface area contributed by atoms with Crippen LogP contribution in [0.5, 0.6) is 0 Å². The Balaban J connectivity index is 1.63. The van der Waals surface area contributed by atoms with E-state index in [1.807, 2.05) is 0 Å². The van der Waals surface area contributed by atoms with Crippen molar-refractivity contribution in [1.29, 1.82) is 0 Å². The Morgan fingerprint density at radius 1 is 1.29 bits per heavy atom. The molecule has 1 saturated carbocycles. The number of nitrogens with one attached hydrogen (secondary N) is 1. The van der Waals surface area contributed by atoms with E-state index in [-0.39, 0.29) is 12.0 Å². The normalized spacial score (nSPS) is 31.7. The molecule has 2 N–H and O–H groups in total. The topological polar surface area (TPSA) is 57.1 Å². The Morgan fingerprint density at radius 3 is 2.43 bits per heavy atom. The van der Waals surface area contributed by atoms with Gasteiger partial charge in [-0.1, -0.05) is 12.8 Å². The van der Waals surface area contributed by atoms with Crippen LogP contribution in [0, 0.1) is 17.3 Å². The Bertz CT molecular complexity index is 362. The predicted molar refractivity (Wildman–Crippen MR) is 83.3 cm³/mol. The van der Waals surface area contributed by atoms with E-state index in [1.165, 1.54) is 25.7 Å². The molecule has 2 unspecified atom stereocenters. The van der Waals surface area contributed by atoms with Crippen molar-refractivity contribution in [1.82, 2.24) is 10.2 Å². The van der Waals surface area contributed by atoms with Crippen molar-refractivity contribution in [2.75, 3.05) is 46.0 Å². The summed E-state index contributed by atoms with van der Waals surface area (Å²) in [6, 6.07) is 0. The van der Waals surface area contributed by atoms with E-state index in [4.69, 9.17) is 9.73 Å². The summed E-state index contributed by atoms with van der Waals surface area (Å²) in [5.74, 6) is 2.76. The highest BCUT2D eigenvalue weighted by Crippen LogP contribution is 2.36. The number of nitrogens with zero attached hydrogens (tertiary/aromatic N) is 2. The third-order valence-corrected chi connectivity index (χ3v) is 5.33. The number of rotatable bonds is 4. The summed E-state index contributed by atoms with van der Waals surface area (Å²) in [5.41, 5.74) is -0.132. The van der Waals surface area contributed by atoms with Gasteiger partial charge in [0, 0.05) is 19.6 Å². The van der Waals surface area contributed by atoms with E-state index in [0.717, 1.165) is 37.4 Å². The molecule has 2 aliphatic heterocycles. The number of guanidine groups is 1. The molecule has 5 heteroatoms. The summed E-state index contributed by atoms with van der Waals surface area (Å²) >= 11 is 0. The standard InChI is InChI=1S/C16H29N3O2/c1-2-17-15(18-9-16(10-20)11-21-12-16)19-7-13-5-3-4-6-14(13)8-19/h13-14,20H,2-12H2,1H3,(H,17,18). The van der Waals surface area contributed by atoms with Crippen molar-refractivity contribution in [3.05, 3.63) is 0 Å². The number of likely N-dealkylation sites (tertiary alicyclic amines) is 1. The molecule has 0 spiro atoms. The first kappa shape index (κ1) is 15.1. The van der Waals surface area contributed by atoms with E-state index >= 15 is 0 Å². The summed E-state index contributed by atoms with van der Waals surface area (Å²) in [6.07, 6.45) is 5.56. The second-order valence-corrected chi connectivity index (χ2v) is 7.03. The maximum atomic E-state index is 9.53. The van der Waals surface area contributed by atoms with Gasteiger partial charge in [-0.05, 0) is 31.6 Å². The summed E-state index contributed by atoms with van der Waals surface area (Å²) in [7, 11) is 0. The maximum Gasteiger partial charge on any atom is 0.193 e. The Kier molecular flexibility index (Phi) is 4.69. The molecule has 2 heterocycles. The highest BCUT2D eigenvalue weighted by atomic mass is 16.5. The summed E-state index contributed by atoms with van der Waals surface area (Å²) in [6.45, 7) is 7.42. The number of aliphatic hydroxyl groups excluding tert-OH is 1. The fraction of sp³-hybridized carbons (Fsp3) is 0.938. The predicted octanol–water partition coefficient (Wildman–Crippen LogP) is 1.08. The fourth-order valence-corrected chi connectivity index (χ4v) is 3.87. The van der Waals surface area contributed by atoms with Crippen LogP contribution in [0.25, 0.3) is 0 Å². The smallest absolute Gasteiger partial charge is 0.193 e. The van der Waals surface area contributed by atoms with Gasteiger partial charge in [-0.3, -0.25) is 4.99 Å². The lowest BCUT2D eigenvalue weighted by Crippen LogP contribution is -2.49. The minimum atomic E-state index is -0.132. The Hall–Kier alpha value is -0.810. The monoisotopic (exact) mass is 295 g/mol. The van der Waals surface area contributed by atoms with Gasteiger partial charge in [-0.2, -0.15) is 0 Å². The lowest BCUT2D eigenvalue weighted by Gasteiger charge is -2.38. The van der Waals surface area contributed by atoms with Gasteiger partial charge in [0.05, 0.1) is 31.8 Å². The summed E-state index contributed by atoms with van der Waals surface area (Å²) in [5, 5.41) is 13.0. The van der Waals surface area contributed by atoms with Gasteiger partial charge in [0.15, 0.2) is 5.96 Å². The Morgan fingerprint density at radius 2 is 1.95 bits per heavy atom. The average Bonchev–Trinajstić information content (AvgIpc) is 2.89. The third kappa shape index (κ3) is 3.19. The molecule has 3 rings (SSSR count). The van der Waals surface area contributed by atoms with E-state index in [1.54, 1.807) is 0 Å². The lowest BCUT2D eigenvalue weighted by molar-refractivity contribution is -0.130. The highest BCUT2D eigenvalue weighted by Gasteiger charge is 2.39. The van der Waals surface area contributed by atoms with E-state index < -0.39 is 0 Å². The molecule has 0 aromatic heterocycles. The van der Waals surface area contributed by atoms with Crippen molar-refractivity contribution >= 4 is 5.96 Å². The van der Waals surface area contributed by atoms with Gasteiger partial charge in [-0.15, -0.1) is 0 Å². The number of aliphatic hydroxyl groups is 1. The van der Waals surface area contributed by atoms with Gasteiger partial charge in [0.1, 0.15) is 0 Å². The Labute approximate surface area is 127 Å². The van der Waals surface area contributed by atoms with Gasteiger partial charge in [0.25, 0.3) is 0 Å². The number of ether oxygens (including phenoxy) is 1. The zero-order chi connectivity index (χ0) is 14.7. The van der Waals surface area contributed by atoms with E-state index in [9.17, 15) is 5.11 Å². The molecule has 0 amide bonds. The second-order valence-electron chi connectivity index (χ2n) is 7.03. The van der Waals surface area contributed by atoms with Crippen LogP contribution >= 0.6 is 0 Å². The SMILES string of the molecule is CCNC(=NCC1(CO)COC1)N1CC2CCCCC2C1. The minimum Gasteiger partial charge on any atom is -0.396 e. The lowest BCUT2D eigenvalue weighted by atomic mass is 9.82. The van der Waals surface area contributed by atoms with Crippen LogP contribution in [0.1, 0.15) is 32.6 Å². The van der Waals surface area contributed by atoms with E-state index in [0.29, 0.717) is 19.8 Å². The summed E-state index contributed by atoms with van der Waals surface area (Å²) < 4.78 is 5.26. The minimum absolute atomic E-state index is 0.132. The van der Waals surface area contributed by atoms with Crippen LogP contribution in [0.3, 0.4) is 0 Å². The number of hydrogen-bond donors (Lipinski definition) is 2. The summed E-state index contributed by atoms with van der Waals surface area (Å²) in [4.78, 5) is 7.25. The molecule has 1 aliphatic carbocycles. The van der Waals surface area contributed by atoms with E-state index in [2.05, 4.69) is 17.1 Å². The average molecular weight is 295 g/mol. The molecule has 3 fully saturated rings. The molecule has 21 heavy (non-hydrogen) atoms. The molecule has 2 saturated heterocycles. The van der Waals surface area contributed by atoms with Gasteiger partial charge < -0.3 is 20.1 Å². The first-order chi connectivity index (χ1) is 10.3. The fourth-order valence-electron chi connectivity index (χ4n) is 3.87. The third-order valence-electron chi connectivity index (χ3n) is 5.33. The molecule has 0 aromatic rings. The van der Waals surface area contributed by atoms with Crippen molar-refractivity contribution in [2.24, 2.45) is 22.2 Å². The van der Waals surface area contributed by atoms with Crippen molar-refractivity contribution in [2.45, 2.75) is 32.6 Å². The zero-order valence-electron chi connectivity index (χ0n) is 13.2.